The molecule has 0 saturated carbocycles. The highest BCUT2D eigenvalue weighted by atomic mass is 35.5. The van der Waals surface area contributed by atoms with Crippen LogP contribution in [0.1, 0.15) is 18.5 Å². The summed E-state index contributed by atoms with van der Waals surface area (Å²) in [4.78, 5) is 32.7. The van der Waals surface area contributed by atoms with Crippen LogP contribution in [0.4, 0.5) is 5.69 Å². The van der Waals surface area contributed by atoms with Crippen molar-refractivity contribution in [3.8, 4) is 0 Å². The standard InChI is InChI=1S/C19H16Cl2N2O3/c1-2-22-18(24)15-16(13-9-8-11(20)10-14(13)21)23(26-17(15)19(22)25)12-6-4-3-5-7-12/h3-10,15-17H,2H2,1H3/t15-,16-,17-/m0/s1. The SMILES string of the molecule is CCN1C(=O)[C@@H]2[C@H](ON(c3ccccc3)[C@H]2c2ccc(Cl)cc2Cl)C1=O. The highest BCUT2D eigenvalue weighted by Gasteiger charge is 2.59. The molecular formula is C19H16Cl2N2O3. The molecule has 2 aromatic carbocycles. The van der Waals surface area contributed by atoms with E-state index < -0.39 is 18.1 Å². The lowest BCUT2D eigenvalue weighted by Gasteiger charge is -2.29. The highest BCUT2D eigenvalue weighted by Crippen LogP contribution is 2.48. The number of carbonyl (C=O) groups is 2. The Balaban J connectivity index is 1.84. The van der Waals surface area contributed by atoms with Crippen LogP contribution in [0.3, 0.4) is 0 Å². The van der Waals surface area contributed by atoms with Gasteiger partial charge < -0.3 is 0 Å². The maximum absolute atomic E-state index is 12.9. The molecule has 2 aliphatic rings. The van der Waals surface area contributed by atoms with E-state index in [9.17, 15) is 9.59 Å². The molecule has 0 aromatic heterocycles. The number of hydrogen-bond donors (Lipinski definition) is 0. The van der Waals surface area contributed by atoms with E-state index in [2.05, 4.69) is 0 Å². The maximum atomic E-state index is 12.9. The van der Waals surface area contributed by atoms with Crippen LogP contribution in [0, 0.1) is 5.92 Å². The predicted molar refractivity (Wildman–Crippen MR) is 98.9 cm³/mol. The number of likely N-dealkylation sites (N-methyl/N-ethyl adjacent to an activating group) is 1. The number of carbonyl (C=O) groups excluding carboxylic acids is 2. The summed E-state index contributed by atoms with van der Waals surface area (Å²) in [6, 6.07) is 14.0. The van der Waals surface area contributed by atoms with Crippen LogP contribution < -0.4 is 5.06 Å². The average Bonchev–Trinajstić information content (AvgIpc) is 3.12. The number of para-hydroxylation sites is 1. The number of rotatable bonds is 3. The second kappa shape index (κ2) is 6.58. The van der Waals surface area contributed by atoms with Gasteiger partial charge in [-0.1, -0.05) is 47.5 Å². The van der Waals surface area contributed by atoms with Crippen LogP contribution in [0.2, 0.25) is 10.0 Å². The monoisotopic (exact) mass is 390 g/mol. The van der Waals surface area contributed by atoms with Crippen molar-refractivity contribution < 1.29 is 14.4 Å². The zero-order chi connectivity index (χ0) is 18.4. The lowest BCUT2D eigenvalue weighted by molar-refractivity contribution is -0.142. The molecule has 2 saturated heterocycles. The third kappa shape index (κ3) is 2.58. The number of imide groups is 1. The second-order valence-electron chi connectivity index (χ2n) is 6.24. The molecule has 2 aliphatic heterocycles. The van der Waals surface area contributed by atoms with Gasteiger partial charge in [-0.05, 0) is 36.8 Å². The van der Waals surface area contributed by atoms with Crippen molar-refractivity contribution in [3.63, 3.8) is 0 Å². The van der Waals surface area contributed by atoms with Crippen LogP contribution in [0.5, 0.6) is 0 Å². The summed E-state index contributed by atoms with van der Waals surface area (Å²) in [5.41, 5.74) is 1.45. The summed E-state index contributed by atoms with van der Waals surface area (Å²) in [5, 5.41) is 2.56. The first-order chi connectivity index (χ1) is 12.5. The molecule has 0 spiro atoms. The fourth-order valence-electron chi connectivity index (χ4n) is 3.64. The van der Waals surface area contributed by atoms with Crippen molar-refractivity contribution in [3.05, 3.63) is 64.1 Å². The molecule has 7 heteroatoms. The average molecular weight is 391 g/mol. The van der Waals surface area contributed by atoms with E-state index in [1.807, 2.05) is 30.3 Å². The molecule has 3 atom stereocenters. The molecule has 2 heterocycles. The molecule has 4 rings (SSSR count). The minimum atomic E-state index is -0.848. The van der Waals surface area contributed by atoms with E-state index >= 15 is 0 Å². The smallest absolute Gasteiger partial charge is 0.261 e. The molecule has 134 valence electrons. The Hall–Kier alpha value is -2.08. The van der Waals surface area contributed by atoms with Crippen LogP contribution in [0.15, 0.2) is 48.5 Å². The lowest BCUT2D eigenvalue weighted by atomic mass is 9.90. The molecular weight excluding hydrogens is 375 g/mol. The first-order valence-corrected chi connectivity index (χ1v) is 9.09. The van der Waals surface area contributed by atoms with Crippen molar-refractivity contribution in [2.24, 2.45) is 5.92 Å². The first kappa shape index (κ1) is 17.3. The maximum Gasteiger partial charge on any atom is 0.261 e. The normalized spacial score (nSPS) is 25.1. The third-order valence-corrected chi connectivity index (χ3v) is 5.38. The minimum Gasteiger partial charge on any atom is -0.280 e. The van der Waals surface area contributed by atoms with Crippen LogP contribution in [0.25, 0.3) is 0 Å². The molecule has 0 unspecified atom stereocenters. The molecule has 2 amide bonds. The molecule has 2 fully saturated rings. The summed E-state index contributed by atoms with van der Waals surface area (Å²) >= 11 is 12.5. The Labute approximate surface area is 161 Å². The van der Waals surface area contributed by atoms with Crippen LogP contribution in [-0.2, 0) is 14.4 Å². The van der Waals surface area contributed by atoms with E-state index in [1.54, 1.807) is 30.2 Å². The largest absolute Gasteiger partial charge is 0.280 e. The van der Waals surface area contributed by atoms with E-state index in [0.29, 0.717) is 22.2 Å². The summed E-state index contributed by atoms with van der Waals surface area (Å²) in [6.45, 7) is 2.09. The molecule has 2 aromatic rings. The van der Waals surface area contributed by atoms with Gasteiger partial charge in [-0.3, -0.25) is 19.3 Å². The Morgan fingerprint density at radius 3 is 2.42 bits per heavy atom. The molecule has 0 bridgehead atoms. The van der Waals surface area contributed by atoms with Gasteiger partial charge in [0.25, 0.3) is 5.91 Å². The van der Waals surface area contributed by atoms with Gasteiger partial charge in [0.15, 0.2) is 6.10 Å². The molecule has 0 aliphatic carbocycles. The van der Waals surface area contributed by atoms with Gasteiger partial charge in [0.05, 0.1) is 11.7 Å². The summed E-state index contributed by atoms with van der Waals surface area (Å²) in [6.07, 6.45) is -0.848. The number of benzene rings is 2. The van der Waals surface area contributed by atoms with Crippen molar-refractivity contribution >= 4 is 40.7 Å². The molecule has 0 N–H and O–H groups in total. The van der Waals surface area contributed by atoms with Gasteiger partial charge >= 0.3 is 0 Å². The van der Waals surface area contributed by atoms with Gasteiger partial charge in [-0.2, -0.15) is 0 Å². The summed E-state index contributed by atoms with van der Waals surface area (Å²) in [7, 11) is 0. The van der Waals surface area contributed by atoms with Crippen molar-refractivity contribution in [1.29, 1.82) is 0 Å². The van der Waals surface area contributed by atoms with Crippen molar-refractivity contribution in [1.82, 2.24) is 4.90 Å². The van der Waals surface area contributed by atoms with Gasteiger partial charge in [-0.15, -0.1) is 0 Å². The number of amides is 2. The van der Waals surface area contributed by atoms with Crippen LogP contribution in [-0.4, -0.2) is 29.4 Å². The number of hydroxylamine groups is 1. The third-order valence-electron chi connectivity index (χ3n) is 4.81. The van der Waals surface area contributed by atoms with Crippen molar-refractivity contribution in [2.75, 3.05) is 11.6 Å². The van der Waals surface area contributed by atoms with E-state index in [4.69, 9.17) is 28.0 Å². The molecule has 26 heavy (non-hydrogen) atoms. The second-order valence-corrected chi connectivity index (χ2v) is 7.09. The lowest BCUT2D eigenvalue weighted by Crippen LogP contribution is -2.37. The number of nitrogens with zero attached hydrogens (tertiary/aromatic N) is 2. The Morgan fingerprint density at radius 2 is 1.77 bits per heavy atom. The predicted octanol–water partition coefficient (Wildman–Crippen LogP) is 3.86. The number of anilines is 1. The van der Waals surface area contributed by atoms with Crippen LogP contribution >= 0.6 is 23.2 Å². The van der Waals surface area contributed by atoms with Gasteiger partial charge in [0.1, 0.15) is 5.92 Å². The van der Waals surface area contributed by atoms with E-state index in [0.717, 1.165) is 5.69 Å². The Morgan fingerprint density at radius 1 is 1.04 bits per heavy atom. The number of likely N-dealkylation sites (tertiary alicyclic amines) is 1. The summed E-state index contributed by atoms with van der Waals surface area (Å²) in [5.74, 6) is -1.20. The van der Waals surface area contributed by atoms with Crippen molar-refractivity contribution in [2.45, 2.75) is 19.1 Å². The zero-order valence-electron chi connectivity index (χ0n) is 13.9. The summed E-state index contributed by atoms with van der Waals surface area (Å²) < 4.78 is 0. The molecule has 0 radical (unpaired) electrons. The van der Waals surface area contributed by atoms with Gasteiger partial charge in [0.2, 0.25) is 5.91 Å². The number of hydrogen-bond acceptors (Lipinski definition) is 4. The fourth-order valence-corrected chi connectivity index (χ4v) is 4.16. The van der Waals surface area contributed by atoms with E-state index in [-0.39, 0.29) is 11.8 Å². The van der Waals surface area contributed by atoms with E-state index in [1.165, 1.54) is 4.90 Å². The van der Waals surface area contributed by atoms with Gasteiger partial charge in [0, 0.05) is 16.6 Å². The minimum absolute atomic E-state index is 0.239. The number of halogens is 2. The Bertz CT molecular complexity index is 874. The molecule has 5 nitrogen and oxygen atoms in total. The Kier molecular flexibility index (Phi) is 4.39. The van der Waals surface area contributed by atoms with Gasteiger partial charge in [-0.25, -0.2) is 5.06 Å². The topological polar surface area (TPSA) is 49.9 Å². The zero-order valence-corrected chi connectivity index (χ0v) is 15.4. The fraction of sp³-hybridized carbons (Fsp3) is 0.263. The number of fused-ring (bicyclic) bond motifs is 1. The quantitative estimate of drug-likeness (QED) is 0.746. The first-order valence-electron chi connectivity index (χ1n) is 8.34. The highest BCUT2D eigenvalue weighted by molar-refractivity contribution is 6.35.